The zero-order chi connectivity index (χ0) is 12.3. The van der Waals surface area contributed by atoms with E-state index in [0.29, 0.717) is 11.5 Å². The predicted octanol–water partition coefficient (Wildman–Crippen LogP) is 1.94. The number of hydrogen-bond donors (Lipinski definition) is 2. The predicted molar refractivity (Wildman–Crippen MR) is 60.2 cm³/mol. The lowest BCUT2D eigenvalue weighted by Gasteiger charge is -2.22. The van der Waals surface area contributed by atoms with Crippen molar-refractivity contribution in [1.82, 2.24) is 0 Å². The molecule has 0 atom stereocenters. The average molecular weight is 234 g/mol. The van der Waals surface area contributed by atoms with Gasteiger partial charge in [-0.3, -0.25) is 9.59 Å². The smallest absolute Gasteiger partial charge is 0.309 e. The van der Waals surface area contributed by atoms with Crippen molar-refractivity contribution in [2.75, 3.05) is 11.5 Å². The highest BCUT2D eigenvalue weighted by molar-refractivity contribution is 7.99. The van der Waals surface area contributed by atoms with E-state index < -0.39 is 22.8 Å². The van der Waals surface area contributed by atoms with Crippen molar-refractivity contribution in [2.24, 2.45) is 10.8 Å². The van der Waals surface area contributed by atoms with Crippen LogP contribution in [0.3, 0.4) is 0 Å². The van der Waals surface area contributed by atoms with E-state index in [0.717, 1.165) is 0 Å². The summed E-state index contributed by atoms with van der Waals surface area (Å²) in [5, 5.41) is 17.7. The molecule has 0 aromatic heterocycles. The molecule has 0 bridgehead atoms. The van der Waals surface area contributed by atoms with Crippen molar-refractivity contribution >= 4 is 23.7 Å². The van der Waals surface area contributed by atoms with Crippen LogP contribution in [-0.2, 0) is 9.59 Å². The van der Waals surface area contributed by atoms with Gasteiger partial charge in [-0.05, 0) is 27.7 Å². The van der Waals surface area contributed by atoms with Crippen LogP contribution in [0.25, 0.3) is 0 Å². The van der Waals surface area contributed by atoms with Crippen LogP contribution in [-0.4, -0.2) is 33.7 Å². The average Bonchev–Trinajstić information content (AvgIpc) is 2.02. The lowest BCUT2D eigenvalue weighted by atomic mass is 9.97. The largest absolute Gasteiger partial charge is 0.481 e. The quantitative estimate of drug-likeness (QED) is 0.734. The summed E-state index contributed by atoms with van der Waals surface area (Å²) < 4.78 is 0. The highest BCUT2D eigenvalue weighted by Gasteiger charge is 2.31. The van der Waals surface area contributed by atoms with Crippen LogP contribution in [0.4, 0.5) is 0 Å². The van der Waals surface area contributed by atoms with Crippen LogP contribution in [0.1, 0.15) is 27.7 Å². The molecule has 4 nitrogen and oxygen atoms in total. The molecule has 88 valence electrons. The second-order valence-electron chi connectivity index (χ2n) is 4.87. The van der Waals surface area contributed by atoms with Crippen LogP contribution >= 0.6 is 11.8 Å². The van der Waals surface area contributed by atoms with Crippen LogP contribution in [0.15, 0.2) is 0 Å². The fraction of sp³-hybridized carbons (Fsp3) is 0.800. The normalized spacial score (nSPS) is 12.5. The molecule has 0 amide bonds. The molecule has 0 heterocycles. The van der Waals surface area contributed by atoms with Gasteiger partial charge in [0, 0.05) is 11.5 Å². The van der Waals surface area contributed by atoms with Crippen molar-refractivity contribution in [3.63, 3.8) is 0 Å². The van der Waals surface area contributed by atoms with Crippen molar-refractivity contribution in [2.45, 2.75) is 27.7 Å². The Morgan fingerprint density at radius 2 is 1.20 bits per heavy atom. The second-order valence-corrected chi connectivity index (χ2v) is 5.86. The van der Waals surface area contributed by atoms with E-state index in [-0.39, 0.29) is 0 Å². The molecule has 0 fully saturated rings. The van der Waals surface area contributed by atoms with Gasteiger partial charge in [-0.25, -0.2) is 0 Å². The van der Waals surface area contributed by atoms with E-state index in [1.807, 2.05) is 0 Å². The van der Waals surface area contributed by atoms with Gasteiger partial charge in [0.1, 0.15) is 0 Å². The Bertz CT molecular complexity index is 232. The summed E-state index contributed by atoms with van der Waals surface area (Å²) in [4.78, 5) is 21.6. The standard InChI is InChI=1S/C10H18O4S/c1-9(2,7(11)12)5-15-6-10(3,4)8(13)14/h5-6H2,1-4H3,(H,11,12)(H,13,14). The van der Waals surface area contributed by atoms with Crippen LogP contribution < -0.4 is 0 Å². The first-order chi connectivity index (χ1) is 6.59. The zero-order valence-corrected chi connectivity index (χ0v) is 10.3. The first-order valence-corrected chi connectivity index (χ1v) is 5.79. The lowest BCUT2D eigenvalue weighted by molar-refractivity contribution is -0.146. The zero-order valence-electron chi connectivity index (χ0n) is 9.53. The summed E-state index contributed by atoms with van der Waals surface area (Å²) >= 11 is 1.36. The van der Waals surface area contributed by atoms with Crippen LogP contribution in [0.2, 0.25) is 0 Å². The molecule has 0 unspecified atom stereocenters. The number of thioether (sulfide) groups is 1. The first-order valence-electron chi connectivity index (χ1n) is 4.64. The van der Waals surface area contributed by atoms with Gasteiger partial charge in [-0.15, -0.1) is 0 Å². The third-order valence-corrected chi connectivity index (χ3v) is 3.94. The molecule has 0 aromatic carbocycles. The van der Waals surface area contributed by atoms with E-state index >= 15 is 0 Å². The van der Waals surface area contributed by atoms with E-state index in [9.17, 15) is 9.59 Å². The van der Waals surface area contributed by atoms with Crippen LogP contribution in [0.5, 0.6) is 0 Å². The van der Waals surface area contributed by atoms with Gasteiger partial charge in [0.2, 0.25) is 0 Å². The Kier molecular flexibility index (Phi) is 4.65. The third kappa shape index (κ3) is 4.55. The first kappa shape index (κ1) is 14.3. The van der Waals surface area contributed by atoms with Gasteiger partial charge >= 0.3 is 11.9 Å². The van der Waals surface area contributed by atoms with E-state index in [2.05, 4.69) is 0 Å². The molecule has 0 spiro atoms. The maximum atomic E-state index is 10.8. The molecule has 5 heteroatoms. The highest BCUT2D eigenvalue weighted by atomic mass is 32.2. The second kappa shape index (κ2) is 4.88. The van der Waals surface area contributed by atoms with Gasteiger partial charge in [0.25, 0.3) is 0 Å². The summed E-state index contributed by atoms with van der Waals surface area (Å²) in [6.45, 7) is 6.54. The summed E-state index contributed by atoms with van der Waals surface area (Å²) in [5.74, 6) is -0.885. The number of carbonyl (C=O) groups is 2. The number of aliphatic carboxylic acids is 2. The Morgan fingerprint density at radius 1 is 0.933 bits per heavy atom. The molecular formula is C10H18O4S. The molecule has 0 aliphatic carbocycles. The van der Waals surface area contributed by atoms with Gasteiger partial charge < -0.3 is 10.2 Å². The monoisotopic (exact) mass is 234 g/mol. The summed E-state index contributed by atoms with van der Waals surface area (Å²) in [6, 6.07) is 0. The molecule has 0 aromatic rings. The molecule has 0 radical (unpaired) electrons. The molecule has 0 aliphatic rings. The van der Waals surface area contributed by atoms with E-state index in [1.165, 1.54) is 11.8 Å². The maximum absolute atomic E-state index is 10.8. The fourth-order valence-corrected chi connectivity index (χ4v) is 2.05. The molecular weight excluding hydrogens is 216 g/mol. The number of rotatable bonds is 6. The molecule has 2 N–H and O–H groups in total. The molecule has 0 aliphatic heterocycles. The van der Waals surface area contributed by atoms with Crippen molar-refractivity contribution < 1.29 is 19.8 Å². The van der Waals surface area contributed by atoms with Gasteiger partial charge in [0.05, 0.1) is 10.8 Å². The summed E-state index contributed by atoms with van der Waals surface area (Å²) in [7, 11) is 0. The van der Waals surface area contributed by atoms with Crippen molar-refractivity contribution in [3.05, 3.63) is 0 Å². The van der Waals surface area contributed by atoms with Crippen molar-refractivity contribution in [3.8, 4) is 0 Å². The summed E-state index contributed by atoms with van der Waals surface area (Å²) in [6.07, 6.45) is 0. The summed E-state index contributed by atoms with van der Waals surface area (Å²) in [5.41, 5.74) is -1.61. The topological polar surface area (TPSA) is 74.6 Å². The van der Waals surface area contributed by atoms with Gasteiger partial charge in [-0.2, -0.15) is 11.8 Å². The van der Waals surface area contributed by atoms with E-state index in [1.54, 1.807) is 27.7 Å². The lowest BCUT2D eigenvalue weighted by Crippen LogP contribution is -2.30. The maximum Gasteiger partial charge on any atom is 0.309 e. The Hall–Kier alpha value is -0.710. The number of hydrogen-bond acceptors (Lipinski definition) is 3. The Labute approximate surface area is 94.1 Å². The SMILES string of the molecule is CC(C)(CSCC(C)(C)C(=O)O)C(=O)O. The number of carboxylic acid groups (broad SMARTS) is 2. The van der Waals surface area contributed by atoms with Gasteiger partial charge in [-0.1, -0.05) is 0 Å². The molecule has 0 rings (SSSR count). The Balaban J connectivity index is 4.11. The minimum absolute atomic E-state index is 0.416. The third-order valence-electron chi connectivity index (χ3n) is 2.08. The van der Waals surface area contributed by atoms with Gasteiger partial charge in [0.15, 0.2) is 0 Å². The number of carboxylic acids is 2. The van der Waals surface area contributed by atoms with Crippen molar-refractivity contribution in [1.29, 1.82) is 0 Å². The minimum atomic E-state index is -0.858. The van der Waals surface area contributed by atoms with E-state index in [4.69, 9.17) is 10.2 Å². The molecule has 0 saturated carbocycles. The fourth-order valence-electron chi connectivity index (χ4n) is 0.685. The minimum Gasteiger partial charge on any atom is -0.481 e. The highest BCUT2D eigenvalue weighted by Crippen LogP contribution is 2.27. The molecule has 0 saturated heterocycles. The molecule has 15 heavy (non-hydrogen) atoms. The Morgan fingerprint density at radius 3 is 1.40 bits per heavy atom. The van der Waals surface area contributed by atoms with Crippen LogP contribution in [0, 0.1) is 10.8 Å².